The lowest BCUT2D eigenvalue weighted by molar-refractivity contribution is -0.135. The molecule has 6 nitrogen and oxygen atoms in total. The third-order valence-corrected chi connectivity index (χ3v) is 4.80. The third kappa shape index (κ3) is 5.54. The number of aryl methyl sites for hydroxylation is 1. The summed E-state index contributed by atoms with van der Waals surface area (Å²) in [5, 5.41) is 3.17. The topological polar surface area (TPSA) is 59.4 Å². The Morgan fingerprint density at radius 2 is 1.96 bits per heavy atom. The number of ether oxygens (including phenoxy) is 1. The van der Waals surface area contributed by atoms with Crippen LogP contribution >= 0.6 is 0 Å². The Kier molecular flexibility index (Phi) is 7.02. The van der Waals surface area contributed by atoms with Gasteiger partial charge in [0, 0.05) is 38.6 Å². The van der Waals surface area contributed by atoms with Crippen LogP contribution in [0.15, 0.2) is 12.4 Å². The highest BCUT2D eigenvalue weighted by Crippen LogP contribution is 2.18. The van der Waals surface area contributed by atoms with Gasteiger partial charge < -0.3 is 14.6 Å². The molecule has 0 saturated carbocycles. The van der Waals surface area contributed by atoms with E-state index in [0.29, 0.717) is 12.5 Å². The van der Waals surface area contributed by atoms with Crippen molar-refractivity contribution in [2.24, 2.45) is 11.8 Å². The fraction of sp³-hybridized carbons (Fsp3) is 0.789. The van der Waals surface area contributed by atoms with E-state index in [-0.39, 0.29) is 30.1 Å². The first kappa shape index (κ1) is 19.9. The SMILES string of the molecule is Cc1nccn1CC(C)CNC(=O)C(C(C)C)N1CC(C)OC(C)C1. The number of hydrogen-bond donors (Lipinski definition) is 1. The molecule has 1 aromatic heterocycles. The molecule has 1 aliphatic heterocycles. The Morgan fingerprint density at radius 3 is 2.48 bits per heavy atom. The number of nitrogens with zero attached hydrogens (tertiary/aromatic N) is 3. The van der Waals surface area contributed by atoms with Gasteiger partial charge in [-0.25, -0.2) is 4.98 Å². The molecule has 2 rings (SSSR count). The molecule has 2 heterocycles. The molecular weight excluding hydrogens is 316 g/mol. The zero-order valence-electron chi connectivity index (χ0n) is 16.5. The Labute approximate surface area is 151 Å². The van der Waals surface area contributed by atoms with E-state index in [0.717, 1.165) is 25.5 Å². The predicted octanol–water partition coefficient (Wildman–Crippen LogP) is 2.08. The summed E-state index contributed by atoms with van der Waals surface area (Å²) in [6.07, 6.45) is 4.14. The Hall–Kier alpha value is -1.40. The van der Waals surface area contributed by atoms with Crippen LogP contribution in [-0.2, 0) is 16.1 Å². The quantitative estimate of drug-likeness (QED) is 0.818. The van der Waals surface area contributed by atoms with Gasteiger partial charge in [0.15, 0.2) is 0 Å². The molecule has 0 bridgehead atoms. The van der Waals surface area contributed by atoms with Gasteiger partial charge >= 0.3 is 0 Å². The molecule has 0 radical (unpaired) electrons. The molecule has 1 saturated heterocycles. The monoisotopic (exact) mass is 350 g/mol. The summed E-state index contributed by atoms with van der Waals surface area (Å²) in [5.41, 5.74) is 0. The van der Waals surface area contributed by atoms with E-state index in [2.05, 4.69) is 54.4 Å². The molecule has 1 N–H and O–H groups in total. The lowest BCUT2D eigenvalue weighted by atomic mass is 9.99. The number of hydrogen-bond acceptors (Lipinski definition) is 4. The van der Waals surface area contributed by atoms with E-state index in [1.54, 1.807) is 0 Å². The van der Waals surface area contributed by atoms with Gasteiger partial charge in [-0.3, -0.25) is 9.69 Å². The van der Waals surface area contributed by atoms with Crippen LogP contribution < -0.4 is 5.32 Å². The van der Waals surface area contributed by atoms with E-state index in [9.17, 15) is 4.79 Å². The molecule has 4 atom stereocenters. The number of imidazole rings is 1. The minimum atomic E-state index is -0.101. The molecule has 0 aliphatic carbocycles. The van der Waals surface area contributed by atoms with Gasteiger partial charge in [0.05, 0.1) is 18.2 Å². The van der Waals surface area contributed by atoms with Crippen LogP contribution in [0.25, 0.3) is 0 Å². The van der Waals surface area contributed by atoms with Crippen LogP contribution in [0.4, 0.5) is 0 Å². The van der Waals surface area contributed by atoms with E-state index in [1.165, 1.54) is 0 Å². The van der Waals surface area contributed by atoms with Crippen molar-refractivity contribution in [1.82, 2.24) is 19.8 Å². The number of morpholine rings is 1. The molecular formula is C19H34N4O2. The van der Waals surface area contributed by atoms with E-state index >= 15 is 0 Å². The van der Waals surface area contributed by atoms with Gasteiger partial charge in [-0.1, -0.05) is 20.8 Å². The molecule has 0 aromatic carbocycles. The van der Waals surface area contributed by atoms with Gasteiger partial charge in [0.25, 0.3) is 0 Å². The molecule has 25 heavy (non-hydrogen) atoms. The van der Waals surface area contributed by atoms with Crippen LogP contribution in [0.3, 0.4) is 0 Å². The van der Waals surface area contributed by atoms with Crippen molar-refractivity contribution in [2.45, 2.75) is 66.3 Å². The van der Waals surface area contributed by atoms with E-state index in [4.69, 9.17) is 4.74 Å². The zero-order valence-corrected chi connectivity index (χ0v) is 16.5. The number of aromatic nitrogens is 2. The predicted molar refractivity (Wildman–Crippen MR) is 99.3 cm³/mol. The number of carbonyl (C=O) groups excluding carboxylic acids is 1. The fourth-order valence-electron chi connectivity index (χ4n) is 3.71. The van der Waals surface area contributed by atoms with Gasteiger partial charge in [0.2, 0.25) is 5.91 Å². The van der Waals surface area contributed by atoms with Gasteiger partial charge in [-0.2, -0.15) is 0 Å². The summed E-state index contributed by atoms with van der Waals surface area (Å²) in [6, 6.07) is -0.101. The average molecular weight is 351 g/mol. The maximum Gasteiger partial charge on any atom is 0.237 e. The lowest BCUT2D eigenvalue weighted by Crippen LogP contribution is -2.57. The highest BCUT2D eigenvalue weighted by atomic mass is 16.5. The first-order chi connectivity index (χ1) is 11.8. The molecule has 1 fully saturated rings. The minimum absolute atomic E-state index is 0.101. The Bertz CT molecular complexity index is 547. The molecule has 4 unspecified atom stereocenters. The molecule has 1 aromatic rings. The van der Waals surface area contributed by atoms with Crippen molar-refractivity contribution in [3.8, 4) is 0 Å². The molecule has 0 spiro atoms. The first-order valence-electron chi connectivity index (χ1n) is 9.42. The van der Waals surface area contributed by atoms with E-state index < -0.39 is 0 Å². The van der Waals surface area contributed by atoms with Gasteiger partial charge in [-0.15, -0.1) is 0 Å². The third-order valence-electron chi connectivity index (χ3n) is 4.80. The molecule has 6 heteroatoms. The second-order valence-corrected chi connectivity index (χ2v) is 7.88. The van der Waals surface area contributed by atoms with Crippen molar-refractivity contribution in [1.29, 1.82) is 0 Å². The number of carbonyl (C=O) groups is 1. The average Bonchev–Trinajstić information content (AvgIpc) is 2.89. The standard InChI is InChI=1S/C19H34N4O2/c1-13(2)18(23-11-15(4)25-16(5)12-23)19(24)21-9-14(3)10-22-8-7-20-17(22)6/h7-8,13-16,18H,9-12H2,1-6H3,(H,21,24). The van der Waals surface area contributed by atoms with E-state index in [1.807, 2.05) is 19.3 Å². The summed E-state index contributed by atoms with van der Waals surface area (Å²) in [7, 11) is 0. The van der Waals surface area contributed by atoms with Crippen LogP contribution in [0.1, 0.15) is 40.4 Å². The van der Waals surface area contributed by atoms with Crippen LogP contribution in [0.2, 0.25) is 0 Å². The molecule has 1 aliphatic rings. The van der Waals surface area contributed by atoms with Gasteiger partial charge in [-0.05, 0) is 32.6 Å². The van der Waals surface area contributed by atoms with Crippen molar-refractivity contribution in [3.63, 3.8) is 0 Å². The molecule has 1 amide bonds. The fourth-order valence-corrected chi connectivity index (χ4v) is 3.71. The Morgan fingerprint density at radius 1 is 1.32 bits per heavy atom. The zero-order chi connectivity index (χ0) is 18.6. The van der Waals surface area contributed by atoms with Crippen LogP contribution in [0.5, 0.6) is 0 Å². The van der Waals surface area contributed by atoms with Gasteiger partial charge in [0.1, 0.15) is 5.82 Å². The summed E-state index contributed by atoms with van der Waals surface area (Å²) < 4.78 is 7.94. The second-order valence-electron chi connectivity index (χ2n) is 7.88. The molecule has 142 valence electrons. The van der Waals surface area contributed by atoms with Crippen molar-refractivity contribution >= 4 is 5.91 Å². The second kappa shape index (κ2) is 8.81. The van der Waals surface area contributed by atoms with Crippen molar-refractivity contribution < 1.29 is 9.53 Å². The Balaban J connectivity index is 1.90. The summed E-state index contributed by atoms with van der Waals surface area (Å²) >= 11 is 0. The normalized spacial score (nSPS) is 24.3. The summed E-state index contributed by atoms with van der Waals surface area (Å²) in [6.45, 7) is 15.7. The van der Waals surface area contributed by atoms with Crippen LogP contribution in [-0.4, -0.2) is 58.2 Å². The lowest BCUT2D eigenvalue weighted by Gasteiger charge is -2.41. The maximum atomic E-state index is 12.9. The highest BCUT2D eigenvalue weighted by Gasteiger charge is 2.34. The maximum absolute atomic E-state index is 12.9. The first-order valence-corrected chi connectivity index (χ1v) is 9.42. The van der Waals surface area contributed by atoms with Crippen LogP contribution in [0, 0.1) is 18.8 Å². The summed E-state index contributed by atoms with van der Waals surface area (Å²) in [4.78, 5) is 19.4. The largest absolute Gasteiger partial charge is 0.373 e. The number of nitrogens with one attached hydrogen (secondary N) is 1. The highest BCUT2D eigenvalue weighted by molar-refractivity contribution is 5.82. The van der Waals surface area contributed by atoms with Crippen molar-refractivity contribution in [2.75, 3.05) is 19.6 Å². The minimum Gasteiger partial charge on any atom is -0.373 e. The smallest absolute Gasteiger partial charge is 0.237 e. The number of amides is 1. The summed E-state index contributed by atoms with van der Waals surface area (Å²) in [5.74, 6) is 1.76. The van der Waals surface area contributed by atoms with Crippen molar-refractivity contribution in [3.05, 3.63) is 18.2 Å². The number of rotatable bonds is 7.